The molecule has 0 atom stereocenters. The van der Waals surface area contributed by atoms with Crippen molar-refractivity contribution in [2.75, 3.05) is 23.8 Å². The molecule has 10 nitrogen and oxygen atoms in total. The molecule has 47 heavy (non-hydrogen) atoms. The largest absolute Gasteiger partial charge is 0.487 e. The predicted octanol–water partition coefficient (Wildman–Crippen LogP) is 6.19. The first-order valence-electron chi connectivity index (χ1n) is 14.5. The van der Waals surface area contributed by atoms with Crippen molar-refractivity contribution >= 4 is 69.4 Å². The number of rotatable bonds is 11. The Labute approximate surface area is 281 Å². The molecule has 0 saturated heterocycles. The number of nitrogens with one attached hydrogen (secondary N) is 2. The van der Waals surface area contributed by atoms with Gasteiger partial charge in [-0.1, -0.05) is 47.5 Å². The topological polar surface area (TPSA) is 126 Å². The normalized spacial score (nSPS) is 11.0. The molecule has 3 heterocycles. The third-order valence-electron chi connectivity index (χ3n) is 7.08. The van der Waals surface area contributed by atoms with Gasteiger partial charge in [-0.05, 0) is 66.6 Å². The van der Waals surface area contributed by atoms with Crippen molar-refractivity contribution in [1.29, 1.82) is 0 Å². The summed E-state index contributed by atoms with van der Waals surface area (Å²) < 4.78 is 6.08. The maximum atomic E-state index is 13.0. The lowest BCUT2D eigenvalue weighted by Crippen LogP contribution is -2.37. The number of aromatic nitrogens is 3. The first-order valence-corrected chi connectivity index (χ1v) is 15.3. The van der Waals surface area contributed by atoms with Crippen molar-refractivity contribution < 1.29 is 19.1 Å². The fourth-order valence-electron chi connectivity index (χ4n) is 4.56. The Morgan fingerprint density at radius 3 is 2.60 bits per heavy atom. The monoisotopic (exact) mass is 668 g/mol. The molecular formula is C35H30Cl2N6O4. The summed E-state index contributed by atoms with van der Waals surface area (Å²) in [6.45, 7) is 1.69. The standard InChI is InChI=1S/C35H30Cl2N6O4/c1-22-8-11-25-6-3-7-29(35(25)41-22)47-21-26-27(36)12-13-28(34(26)37)43(2)33(46)20-40-31(44)15-10-23-9-14-30(39-19-23)42-32(45)17-24-5-4-16-38-18-24/h3-16,18-19H,17,20-21H2,1-2H3,(H,40,44)(H,39,42,45). The second-order valence-corrected chi connectivity index (χ2v) is 11.3. The van der Waals surface area contributed by atoms with Crippen molar-refractivity contribution in [1.82, 2.24) is 20.3 Å². The Hall–Kier alpha value is -5.32. The first-order chi connectivity index (χ1) is 22.7. The highest BCUT2D eigenvalue weighted by Gasteiger charge is 2.19. The summed E-state index contributed by atoms with van der Waals surface area (Å²) in [5.74, 6) is -0.134. The average molecular weight is 670 g/mol. The number of anilines is 2. The smallest absolute Gasteiger partial charge is 0.246 e. The van der Waals surface area contributed by atoms with Crippen LogP contribution in [0.25, 0.3) is 17.0 Å². The number of pyridine rings is 3. The lowest BCUT2D eigenvalue weighted by Gasteiger charge is -2.21. The van der Waals surface area contributed by atoms with Gasteiger partial charge in [-0.2, -0.15) is 0 Å². The maximum Gasteiger partial charge on any atom is 0.246 e. The maximum absolute atomic E-state index is 13.0. The van der Waals surface area contributed by atoms with Gasteiger partial charge in [0.2, 0.25) is 17.7 Å². The molecule has 5 rings (SSSR count). The van der Waals surface area contributed by atoms with Gasteiger partial charge in [-0.25, -0.2) is 9.97 Å². The van der Waals surface area contributed by atoms with Crippen LogP contribution in [0.15, 0.2) is 91.4 Å². The van der Waals surface area contributed by atoms with Crippen molar-refractivity contribution in [3.8, 4) is 5.75 Å². The number of likely N-dealkylation sites (N-methyl/N-ethyl adjacent to an activating group) is 1. The number of aryl methyl sites for hydroxylation is 1. The molecule has 3 aromatic heterocycles. The third-order valence-corrected chi connectivity index (χ3v) is 7.85. The highest BCUT2D eigenvalue weighted by molar-refractivity contribution is 6.38. The fourth-order valence-corrected chi connectivity index (χ4v) is 5.17. The summed E-state index contributed by atoms with van der Waals surface area (Å²) in [6.07, 6.45) is 7.80. The van der Waals surface area contributed by atoms with Crippen LogP contribution < -0.4 is 20.3 Å². The van der Waals surface area contributed by atoms with Crippen LogP contribution >= 0.6 is 23.2 Å². The molecule has 238 valence electrons. The van der Waals surface area contributed by atoms with E-state index in [1.165, 1.54) is 17.2 Å². The van der Waals surface area contributed by atoms with Crippen LogP contribution in [-0.4, -0.2) is 46.3 Å². The lowest BCUT2D eigenvalue weighted by molar-refractivity contribution is -0.122. The lowest BCUT2D eigenvalue weighted by atomic mass is 10.1. The summed E-state index contributed by atoms with van der Waals surface area (Å²) in [7, 11) is 1.56. The molecule has 0 unspecified atom stereocenters. The van der Waals surface area contributed by atoms with E-state index >= 15 is 0 Å². The van der Waals surface area contributed by atoms with E-state index in [2.05, 4.69) is 25.6 Å². The summed E-state index contributed by atoms with van der Waals surface area (Å²) in [5.41, 5.74) is 3.93. The molecule has 0 bridgehead atoms. The number of ether oxygens (including phenoxy) is 1. The van der Waals surface area contributed by atoms with Crippen LogP contribution in [0.5, 0.6) is 5.75 Å². The number of hydrogen-bond donors (Lipinski definition) is 2. The Kier molecular flexibility index (Phi) is 10.8. The minimum Gasteiger partial charge on any atom is -0.487 e. The van der Waals surface area contributed by atoms with E-state index in [-0.39, 0.29) is 30.5 Å². The fraction of sp³-hybridized carbons (Fsp3) is 0.143. The van der Waals surface area contributed by atoms with Crippen molar-refractivity contribution in [3.63, 3.8) is 0 Å². The molecule has 2 N–H and O–H groups in total. The average Bonchev–Trinajstić information content (AvgIpc) is 3.07. The molecule has 3 amide bonds. The molecular weight excluding hydrogens is 639 g/mol. The Morgan fingerprint density at radius 1 is 0.979 bits per heavy atom. The number of nitrogens with zero attached hydrogens (tertiary/aromatic N) is 4. The first kappa shape index (κ1) is 33.1. The Balaban J connectivity index is 1.14. The van der Waals surface area contributed by atoms with E-state index in [1.807, 2.05) is 43.3 Å². The van der Waals surface area contributed by atoms with E-state index in [0.29, 0.717) is 33.4 Å². The molecule has 5 aromatic rings. The number of carbonyl (C=O) groups is 3. The van der Waals surface area contributed by atoms with Crippen LogP contribution in [-0.2, 0) is 27.4 Å². The molecule has 0 aliphatic carbocycles. The highest BCUT2D eigenvalue weighted by atomic mass is 35.5. The number of fused-ring (bicyclic) bond motifs is 1. The van der Waals surface area contributed by atoms with Crippen LogP contribution in [0, 0.1) is 6.92 Å². The van der Waals surface area contributed by atoms with Gasteiger partial charge in [0.05, 0.1) is 23.7 Å². The summed E-state index contributed by atoms with van der Waals surface area (Å²) in [5, 5.41) is 6.88. The Bertz CT molecular complexity index is 1950. The highest BCUT2D eigenvalue weighted by Crippen LogP contribution is 2.35. The van der Waals surface area contributed by atoms with E-state index in [9.17, 15) is 14.4 Å². The van der Waals surface area contributed by atoms with Crippen molar-refractivity contribution in [2.24, 2.45) is 0 Å². The van der Waals surface area contributed by atoms with E-state index in [0.717, 1.165) is 22.2 Å². The number of benzene rings is 2. The van der Waals surface area contributed by atoms with Crippen molar-refractivity contribution in [2.45, 2.75) is 20.0 Å². The SMILES string of the molecule is Cc1ccc2cccc(OCc3c(Cl)ccc(N(C)C(=O)CNC(=O)C=Cc4ccc(NC(=O)Cc5cccnc5)nc4)c3Cl)c2n1. The van der Waals surface area contributed by atoms with Crippen LogP contribution in [0.4, 0.5) is 11.5 Å². The molecule has 0 radical (unpaired) electrons. The van der Waals surface area contributed by atoms with E-state index < -0.39 is 11.8 Å². The zero-order chi connectivity index (χ0) is 33.3. The van der Waals surface area contributed by atoms with Crippen LogP contribution in [0.3, 0.4) is 0 Å². The van der Waals surface area contributed by atoms with Crippen molar-refractivity contribution in [3.05, 3.63) is 124 Å². The number of para-hydroxylation sites is 1. The minimum absolute atomic E-state index is 0.0530. The van der Waals surface area contributed by atoms with Gasteiger partial charge in [0.1, 0.15) is 23.7 Å². The molecule has 0 aliphatic heterocycles. The zero-order valence-electron chi connectivity index (χ0n) is 25.5. The van der Waals surface area contributed by atoms with Gasteiger partial charge in [0.25, 0.3) is 0 Å². The molecule has 0 fully saturated rings. The number of halogens is 2. The molecule has 12 heteroatoms. The molecule has 0 spiro atoms. The summed E-state index contributed by atoms with van der Waals surface area (Å²) >= 11 is 13.2. The van der Waals surface area contributed by atoms with Crippen LogP contribution in [0.1, 0.15) is 22.4 Å². The molecule has 2 aromatic carbocycles. The predicted molar refractivity (Wildman–Crippen MR) is 184 cm³/mol. The Morgan fingerprint density at radius 2 is 1.83 bits per heavy atom. The third kappa shape index (κ3) is 8.69. The summed E-state index contributed by atoms with van der Waals surface area (Å²) in [6, 6.07) is 19.8. The van der Waals surface area contributed by atoms with Gasteiger partial charge in [0, 0.05) is 53.4 Å². The number of amides is 3. The minimum atomic E-state index is -0.476. The molecule has 0 aliphatic rings. The van der Waals surface area contributed by atoms with E-state index in [1.54, 1.807) is 55.8 Å². The summed E-state index contributed by atoms with van der Waals surface area (Å²) in [4.78, 5) is 51.8. The second kappa shape index (κ2) is 15.3. The number of carbonyl (C=O) groups excluding carboxylic acids is 3. The molecule has 0 saturated carbocycles. The van der Waals surface area contributed by atoms with E-state index in [4.69, 9.17) is 27.9 Å². The van der Waals surface area contributed by atoms with Crippen LogP contribution in [0.2, 0.25) is 10.0 Å². The second-order valence-electron chi connectivity index (χ2n) is 10.5. The van der Waals surface area contributed by atoms with Gasteiger partial charge >= 0.3 is 0 Å². The van der Waals surface area contributed by atoms with Gasteiger partial charge in [-0.3, -0.25) is 19.4 Å². The quantitative estimate of drug-likeness (QED) is 0.161. The zero-order valence-corrected chi connectivity index (χ0v) is 27.0. The van der Waals surface area contributed by atoms with Gasteiger partial charge < -0.3 is 20.3 Å². The van der Waals surface area contributed by atoms with Gasteiger partial charge in [-0.15, -0.1) is 0 Å². The number of hydrogen-bond acceptors (Lipinski definition) is 7. The van der Waals surface area contributed by atoms with Gasteiger partial charge in [0.15, 0.2) is 0 Å².